The van der Waals surface area contributed by atoms with Gasteiger partial charge in [-0.05, 0) is 48.1 Å². The number of rotatable bonds is 6. The molecule has 0 saturated heterocycles. The quantitative estimate of drug-likeness (QED) is 0.477. The van der Waals surface area contributed by atoms with Gasteiger partial charge in [-0.15, -0.1) is 0 Å². The molecule has 2 aromatic carbocycles. The van der Waals surface area contributed by atoms with Crippen molar-refractivity contribution in [2.75, 3.05) is 11.0 Å². The lowest BCUT2D eigenvalue weighted by Gasteiger charge is -2.24. The number of primary sulfonamides is 1. The molecule has 0 aliphatic heterocycles. The van der Waals surface area contributed by atoms with E-state index in [4.69, 9.17) is 10.2 Å². The van der Waals surface area contributed by atoms with Crippen molar-refractivity contribution in [3.63, 3.8) is 0 Å². The number of carbonyl (C=O) groups is 1. The molecule has 0 spiro atoms. The third-order valence-electron chi connectivity index (χ3n) is 6.22. The molecule has 1 aromatic heterocycles. The zero-order chi connectivity index (χ0) is 25.8. The third-order valence-corrected chi connectivity index (χ3v) is 7.78. The number of nitrogens with zero attached hydrogens (tertiary/aromatic N) is 2. The maximum atomic E-state index is 13.9. The monoisotopic (exact) mass is 518 g/mol. The van der Waals surface area contributed by atoms with Gasteiger partial charge in [0, 0.05) is 10.9 Å². The van der Waals surface area contributed by atoms with Crippen molar-refractivity contribution < 1.29 is 21.6 Å². The van der Waals surface area contributed by atoms with Crippen LogP contribution in [0.2, 0.25) is 0 Å². The molecule has 1 aliphatic carbocycles. The van der Waals surface area contributed by atoms with Crippen LogP contribution in [-0.2, 0) is 25.5 Å². The summed E-state index contributed by atoms with van der Waals surface area (Å²) < 4.78 is 52.5. The van der Waals surface area contributed by atoms with Gasteiger partial charge in [0.05, 0.1) is 28.4 Å². The number of nitrogens with two attached hydrogens (primary N) is 1. The lowest BCUT2D eigenvalue weighted by molar-refractivity contribution is 0.103. The Hall–Kier alpha value is -2.76. The normalized spacial score (nSPS) is 15.6. The summed E-state index contributed by atoms with van der Waals surface area (Å²) >= 11 is 0. The highest BCUT2D eigenvalue weighted by atomic mass is 32.2. The highest BCUT2D eigenvalue weighted by molar-refractivity contribution is 7.92. The first-order valence-electron chi connectivity index (χ1n) is 11.4. The van der Waals surface area contributed by atoms with Crippen LogP contribution < -0.4 is 9.86 Å². The predicted molar refractivity (Wildman–Crippen MR) is 136 cm³/mol. The number of anilines is 1. The first-order chi connectivity index (χ1) is 16.2. The summed E-state index contributed by atoms with van der Waals surface area (Å²) in [5, 5.41) is 10.8. The van der Waals surface area contributed by atoms with Crippen LogP contribution in [0.3, 0.4) is 0 Å². The molecular weight excluding hydrogens is 488 g/mol. The average Bonchev–Trinajstić information content (AvgIpc) is 3.38. The third kappa shape index (κ3) is 5.12. The van der Waals surface area contributed by atoms with Crippen molar-refractivity contribution in [1.82, 2.24) is 9.78 Å². The van der Waals surface area contributed by atoms with E-state index in [1.807, 2.05) is 25.5 Å². The van der Waals surface area contributed by atoms with Crippen LogP contribution in [0.4, 0.5) is 5.69 Å². The molecule has 0 bridgehead atoms. The molecule has 9 nitrogen and oxygen atoms in total. The van der Waals surface area contributed by atoms with Crippen LogP contribution in [0.1, 0.15) is 74.1 Å². The molecule has 3 N–H and O–H groups in total. The molecule has 188 valence electrons. The number of hydrogen-bond acceptors (Lipinski definition) is 6. The minimum absolute atomic E-state index is 0.0879. The van der Waals surface area contributed by atoms with Crippen molar-refractivity contribution in [3.05, 3.63) is 53.2 Å². The Balaban J connectivity index is 1.95. The molecule has 0 unspecified atom stereocenters. The predicted octanol–water partition coefficient (Wildman–Crippen LogP) is 3.70. The summed E-state index contributed by atoms with van der Waals surface area (Å²) in [5.74, 6) is -0.411. The number of aromatic nitrogens is 2. The van der Waals surface area contributed by atoms with Crippen molar-refractivity contribution in [1.29, 1.82) is 0 Å². The van der Waals surface area contributed by atoms with Gasteiger partial charge in [-0.25, -0.2) is 22.0 Å². The number of benzene rings is 2. The van der Waals surface area contributed by atoms with E-state index in [1.54, 1.807) is 24.3 Å². The topological polar surface area (TPSA) is 141 Å². The van der Waals surface area contributed by atoms with Gasteiger partial charge in [0.25, 0.3) is 0 Å². The first kappa shape index (κ1) is 25.3. The van der Waals surface area contributed by atoms with E-state index in [2.05, 4.69) is 4.72 Å². The van der Waals surface area contributed by atoms with Gasteiger partial charge in [-0.3, -0.25) is 14.2 Å². The molecule has 4 rings (SSSR count). The molecule has 0 amide bonds. The summed E-state index contributed by atoms with van der Waals surface area (Å²) in [4.78, 5) is 13.8. The number of fused-ring (bicyclic) bond motifs is 1. The fourth-order valence-corrected chi connectivity index (χ4v) is 6.39. The lowest BCUT2D eigenvalue weighted by Crippen LogP contribution is -2.25. The second-order valence-electron chi connectivity index (χ2n) is 10.1. The minimum Gasteiger partial charge on any atom is -0.287 e. The number of ketones is 1. The minimum atomic E-state index is -4.07. The number of sulfonamides is 2. The summed E-state index contributed by atoms with van der Waals surface area (Å²) in [7, 11) is -7.56. The Morgan fingerprint density at radius 1 is 1.09 bits per heavy atom. The van der Waals surface area contributed by atoms with E-state index in [0.717, 1.165) is 31.9 Å². The van der Waals surface area contributed by atoms with Gasteiger partial charge < -0.3 is 0 Å². The van der Waals surface area contributed by atoms with Gasteiger partial charge in [0.15, 0.2) is 0 Å². The van der Waals surface area contributed by atoms with E-state index in [1.165, 1.54) is 12.1 Å². The van der Waals surface area contributed by atoms with Gasteiger partial charge >= 0.3 is 0 Å². The van der Waals surface area contributed by atoms with Crippen LogP contribution in [0, 0.1) is 0 Å². The second-order valence-corrected chi connectivity index (χ2v) is 13.4. The molecule has 3 aromatic rings. The maximum absolute atomic E-state index is 13.9. The van der Waals surface area contributed by atoms with Gasteiger partial charge in [-0.1, -0.05) is 45.7 Å². The maximum Gasteiger partial charge on any atom is 0.238 e. The van der Waals surface area contributed by atoms with Gasteiger partial charge in [0.2, 0.25) is 25.8 Å². The van der Waals surface area contributed by atoms with Crippen LogP contribution in [0.15, 0.2) is 41.3 Å². The Labute approximate surface area is 205 Å². The van der Waals surface area contributed by atoms with E-state index in [-0.39, 0.29) is 22.2 Å². The Kier molecular flexibility index (Phi) is 6.31. The average molecular weight is 519 g/mol. The van der Waals surface area contributed by atoms with Crippen molar-refractivity contribution in [3.8, 4) is 0 Å². The van der Waals surface area contributed by atoms with Crippen LogP contribution in [-0.4, -0.2) is 38.7 Å². The Morgan fingerprint density at radius 2 is 1.74 bits per heavy atom. The molecule has 1 aliphatic rings. The van der Waals surface area contributed by atoms with E-state index < -0.39 is 31.2 Å². The fourth-order valence-electron chi connectivity index (χ4n) is 4.87. The molecule has 11 heteroatoms. The van der Waals surface area contributed by atoms with Crippen molar-refractivity contribution >= 4 is 42.4 Å². The van der Waals surface area contributed by atoms with E-state index in [9.17, 15) is 21.6 Å². The van der Waals surface area contributed by atoms with Crippen molar-refractivity contribution in [2.24, 2.45) is 5.14 Å². The first-order valence-corrected chi connectivity index (χ1v) is 14.8. The number of hydrogen-bond donors (Lipinski definition) is 2. The highest BCUT2D eigenvalue weighted by Crippen LogP contribution is 2.37. The molecule has 0 atom stereocenters. The summed E-state index contributed by atoms with van der Waals surface area (Å²) in [6, 6.07) is 9.55. The molecule has 0 radical (unpaired) electrons. The summed E-state index contributed by atoms with van der Waals surface area (Å²) in [5.41, 5.74) is 1.09. The SMILES string of the molecule is CC(C)(C)c1c(C(=O)c2nn(C3CCCC3)c3cc(NS(C)(=O)=O)ccc23)cccc1S(N)(=O)=O. The number of carbonyl (C=O) groups excluding carboxylic acids is 1. The molecule has 1 saturated carbocycles. The smallest absolute Gasteiger partial charge is 0.238 e. The molecule has 35 heavy (non-hydrogen) atoms. The van der Waals surface area contributed by atoms with Gasteiger partial charge in [-0.2, -0.15) is 5.10 Å². The second kappa shape index (κ2) is 8.72. The molecule has 1 fully saturated rings. The molecule has 1 heterocycles. The Bertz CT molecular complexity index is 1530. The van der Waals surface area contributed by atoms with Crippen LogP contribution in [0.25, 0.3) is 10.9 Å². The molecular formula is C24H30N4O5S2. The fraction of sp³-hybridized carbons (Fsp3) is 0.417. The van der Waals surface area contributed by atoms with E-state index in [0.29, 0.717) is 22.2 Å². The number of nitrogens with one attached hydrogen (secondary N) is 1. The summed E-state index contributed by atoms with van der Waals surface area (Å²) in [6.45, 7) is 5.48. The standard InChI is InChI=1S/C24H30N4O5S2/c1-24(2,3)21-18(10-7-11-20(21)35(25,32)33)23(29)22-17-13-12-15(27-34(4,30)31)14-19(17)28(26-22)16-8-5-6-9-16/h7,10-14,16,27H,5-6,8-9H2,1-4H3,(H2,25,32,33). The summed E-state index contributed by atoms with van der Waals surface area (Å²) in [6.07, 6.45) is 4.97. The van der Waals surface area contributed by atoms with Crippen LogP contribution in [0.5, 0.6) is 0 Å². The van der Waals surface area contributed by atoms with Crippen molar-refractivity contribution in [2.45, 2.75) is 62.8 Å². The highest BCUT2D eigenvalue weighted by Gasteiger charge is 2.32. The van der Waals surface area contributed by atoms with E-state index >= 15 is 0 Å². The zero-order valence-electron chi connectivity index (χ0n) is 20.2. The largest absolute Gasteiger partial charge is 0.287 e. The zero-order valence-corrected chi connectivity index (χ0v) is 21.8. The lowest BCUT2D eigenvalue weighted by atomic mass is 9.82. The van der Waals surface area contributed by atoms with Crippen LogP contribution >= 0.6 is 0 Å². The van der Waals surface area contributed by atoms with Gasteiger partial charge in [0.1, 0.15) is 5.69 Å². The Morgan fingerprint density at radius 3 is 2.31 bits per heavy atom.